The molecule has 0 saturated heterocycles. The molecule has 11 nitrogen and oxygen atoms in total. The van der Waals surface area contributed by atoms with Gasteiger partial charge in [0, 0.05) is 7.05 Å². The van der Waals surface area contributed by atoms with Crippen molar-refractivity contribution in [2.75, 3.05) is 17.7 Å². The summed E-state index contributed by atoms with van der Waals surface area (Å²) in [5.74, 6) is -0.444. The van der Waals surface area contributed by atoms with Gasteiger partial charge < -0.3 is 15.7 Å². The zero-order valence-electron chi connectivity index (χ0n) is 13.5. The Balaban J connectivity index is 1.85. The Morgan fingerprint density at radius 2 is 2.08 bits per heavy atom. The number of hydrogen-bond donors (Lipinski definition) is 3. The van der Waals surface area contributed by atoms with Crippen LogP contribution in [0.25, 0.3) is 5.95 Å². The first kappa shape index (κ1) is 16.6. The van der Waals surface area contributed by atoms with Crippen molar-refractivity contribution < 1.29 is 9.90 Å². The largest absolute Gasteiger partial charge is 0.481 e. The summed E-state index contributed by atoms with van der Waals surface area (Å²) in [4.78, 5) is 27.7. The first-order valence-electron chi connectivity index (χ1n) is 7.76. The molecule has 2 aromatic rings. The quantitative estimate of drug-likeness (QED) is 0.696. The fourth-order valence-corrected chi connectivity index (χ4v) is 2.78. The van der Waals surface area contributed by atoms with E-state index in [4.69, 9.17) is 5.11 Å². The monoisotopic (exact) mass is 343 g/mol. The van der Waals surface area contributed by atoms with E-state index >= 15 is 0 Å². The van der Waals surface area contributed by atoms with E-state index in [-0.39, 0.29) is 11.9 Å². The highest BCUT2D eigenvalue weighted by atomic mass is 16.4. The Kier molecular flexibility index (Phi) is 4.42. The number of aliphatic carboxylic acids is 1. The van der Waals surface area contributed by atoms with E-state index in [2.05, 4.69) is 41.7 Å². The molecule has 0 aromatic carbocycles. The smallest absolute Gasteiger partial charge is 0.306 e. The number of anilines is 2. The van der Waals surface area contributed by atoms with E-state index in [0.717, 1.165) is 0 Å². The van der Waals surface area contributed by atoms with Crippen LogP contribution in [0.15, 0.2) is 12.7 Å². The Morgan fingerprint density at radius 1 is 1.36 bits per heavy atom. The number of nitrogens with zero attached hydrogens (tertiary/aromatic N) is 7. The third-order valence-electron chi connectivity index (χ3n) is 4.22. The molecule has 3 rings (SSSR count). The van der Waals surface area contributed by atoms with Gasteiger partial charge in [0.25, 0.3) is 5.95 Å². The van der Waals surface area contributed by atoms with E-state index in [1.807, 2.05) is 0 Å². The zero-order chi connectivity index (χ0) is 17.9. The first-order valence-corrected chi connectivity index (χ1v) is 7.76. The molecule has 130 valence electrons. The van der Waals surface area contributed by atoms with E-state index in [9.17, 15) is 10.1 Å². The predicted octanol–water partition coefficient (Wildman–Crippen LogP) is 0.443. The van der Waals surface area contributed by atoms with Gasteiger partial charge in [0.2, 0.25) is 11.9 Å². The standard InChI is InChI=1S/C14H17N9O2/c1-16-11-19-12(21-13(20-11)23-8-17-7-18-23)22-14(6-15)4-2-9(3-5-14)10(24)25/h7-9H,2-5H2,1H3,(H,24,25)(H2,16,19,20,21,22). The Labute approximate surface area is 143 Å². The lowest BCUT2D eigenvalue weighted by molar-refractivity contribution is -0.142. The van der Waals surface area contributed by atoms with Gasteiger partial charge in [-0.05, 0) is 25.7 Å². The Bertz CT molecular complexity index is 791. The number of carbonyl (C=O) groups is 1. The van der Waals surface area contributed by atoms with Crippen LogP contribution in [0, 0.1) is 17.2 Å². The van der Waals surface area contributed by atoms with E-state index in [0.29, 0.717) is 31.6 Å². The van der Waals surface area contributed by atoms with Gasteiger partial charge in [-0.25, -0.2) is 4.98 Å². The first-order chi connectivity index (χ1) is 12.0. The average Bonchev–Trinajstić information content (AvgIpc) is 3.16. The predicted molar refractivity (Wildman–Crippen MR) is 85.9 cm³/mol. The zero-order valence-corrected chi connectivity index (χ0v) is 13.5. The van der Waals surface area contributed by atoms with Crippen molar-refractivity contribution in [1.82, 2.24) is 29.7 Å². The van der Waals surface area contributed by atoms with Gasteiger partial charge in [0.05, 0.1) is 12.0 Å². The van der Waals surface area contributed by atoms with Crippen LogP contribution in [-0.4, -0.2) is 53.4 Å². The minimum absolute atomic E-state index is 0.222. The third-order valence-corrected chi connectivity index (χ3v) is 4.22. The van der Waals surface area contributed by atoms with Gasteiger partial charge >= 0.3 is 5.97 Å². The molecule has 1 saturated carbocycles. The highest BCUT2D eigenvalue weighted by Crippen LogP contribution is 2.34. The molecule has 3 N–H and O–H groups in total. The Morgan fingerprint density at radius 3 is 2.64 bits per heavy atom. The van der Waals surface area contributed by atoms with Crippen molar-refractivity contribution in [2.24, 2.45) is 5.92 Å². The molecule has 11 heteroatoms. The number of hydrogen-bond acceptors (Lipinski definition) is 9. The van der Waals surface area contributed by atoms with E-state index in [1.165, 1.54) is 17.3 Å². The molecule has 2 aromatic heterocycles. The number of carboxylic acid groups (broad SMARTS) is 1. The number of rotatable bonds is 5. The summed E-state index contributed by atoms with van der Waals surface area (Å²) in [7, 11) is 1.67. The highest BCUT2D eigenvalue weighted by molar-refractivity contribution is 5.70. The maximum Gasteiger partial charge on any atom is 0.306 e. The van der Waals surface area contributed by atoms with Gasteiger partial charge in [-0.1, -0.05) is 0 Å². The van der Waals surface area contributed by atoms with Gasteiger partial charge in [-0.2, -0.15) is 30.0 Å². The summed E-state index contributed by atoms with van der Waals surface area (Å²) < 4.78 is 1.38. The molecule has 1 fully saturated rings. The molecule has 0 atom stereocenters. The lowest BCUT2D eigenvalue weighted by atomic mass is 9.77. The summed E-state index contributed by atoms with van der Waals surface area (Å²) in [6.07, 6.45) is 4.47. The number of nitriles is 1. The highest BCUT2D eigenvalue weighted by Gasteiger charge is 2.38. The lowest BCUT2D eigenvalue weighted by Crippen LogP contribution is -2.42. The molecule has 0 unspecified atom stereocenters. The second kappa shape index (κ2) is 6.68. The molecule has 0 amide bonds. The van der Waals surface area contributed by atoms with Crippen LogP contribution >= 0.6 is 0 Å². The molecule has 1 aliphatic rings. The third kappa shape index (κ3) is 3.47. The molecule has 0 bridgehead atoms. The number of carboxylic acids is 1. The van der Waals surface area contributed by atoms with Crippen LogP contribution < -0.4 is 10.6 Å². The van der Waals surface area contributed by atoms with Crippen LogP contribution in [-0.2, 0) is 4.79 Å². The lowest BCUT2D eigenvalue weighted by Gasteiger charge is -2.34. The van der Waals surface area contributed by atoms with E-state index in [1.54, 1.807) is 7.05 Å². The van der Waals surface area contributed by atoms with Crippen molar-refractivity contribution in [2.45, 2.75) is 31.2 Å². The van der Waals surface area contributed by atoms with Crippen molar-refractivity contribution >= 4 is 17.9 Å². The summed E-state index contributed by atoms with van der Waals surface area (Å²) in [6.45, 7) is 0. The summed E-state index contributed by atoms with van der Waals surface area (Å²) in [5.41, 5.74) is -0.905. The number of aromatic nitrogens is 6. The second-order valence-corrected chi connectivity index (χ2v) is 5.80. The minimum atomic E-state index is -0.905. The second-order valence-electron chi connectivity index (χ2n) is 5.80. The maximum atomic E-state index is 11.1. The van der Waals surface area contributed by atoms with Gasteiger partial charge in [-0.15, -0.1) is 0 Å². The maximum absolute atomic E-state index is 11.1. The van der Waals surface area contributed by atoms with Crippen molar-refractivity contribution in [3.63, 3.8) is 0 Å². The molecular formula is C14H17N9O2. The molecule has 0 spiro atoms. The summed E-state index contributed by atoms with van der Waals surface area (Å²) in [5, 5.41) is 28.6. The normalized spacial score (nSPS) is 22.8. The summed E-state index contributed by atoms with van der Waals surface area (Å²) >= 11 is 0. The van der Waals surface area contributed by atoms with Crippen LogP contribution in [0.2, 0.25) is 0 Å². The van der Waals surface area contributed by atoms with Crippen LogP contribution in [0.5, 0.6) is 0 Å². The fourth-order valence-electron chi connectivity index (χ4n) is 2.78. The van der Waals surface area contributed by atoms with Crippen molar-refractivity contribution in [1.29, 1.82) is 5.26 Å². The number of nitrogens with one attached hydrogen (secondary N) is 2. The van der Waals surface area contributed by atoms with Gasteiger partial charge in [0.1, 0.15) is 18.2 Å². The van der Waals surface area contributed by atoms with E-state index < -0.39 is 17.4 Å². The average molecular weight is 343 g/mol. The molecule has 0 radical (unpaired) electrons. The molecule has 25 heavy (non-hydrogen) atoms. The van der Waals surface area contributed by atoms with Crippen LogP contribution in [0.1, 0.15) is 25.7 Å². The van der Waals surface area contributed by atoms with Crippen LogP contribution in [0.4, 0.5) is 11.9 Å². The molecule has 2 heterocycles. The van der Waals surface area contributed by atoms with Gasteiger partial charge in [-0.3, -0.25) is 4.79 Å². The Hall–Kier alpha value is -3.29. The van der Waals surface area contributed by atoms with Crippen molar-refractivity contribution in [3.8, 4) is 12.0 Å². The SMILES string of the molecule is CNc1nc(NC2(C#N)CCC(C(=O)O)CC2)nc(-n2cncn2)n1. The molecular weight excluding hydrogens is 326 g/mol. The topological polar surface area (TPSA) is 155 Å². The fraction of sp³-hybridized carbons (Fsp3) is 0.500. The van der Waals surface area contributed by atoms with Gasteiger partial charge in [0.15, 0.2) is 0 Å². The molecule has 0 aliphatic heterocycles. The molecule has 1 aliphatic carbocycles. The van der Waals surface area contributed by atoms with Crippen molar-refractivity contribution in [3.05, 3.63) is 12.7 Å². The summed E-state index contributed by atoms with van der Waals surface area (Å²) in [6, 6.07) is 2.26. The van der Waals surface area contributed by atoms with Crippen LogP contribution in [0.3, 0.4) is 0 Å². The minimum Gasteiger partial charge on any atom is -0.481 e.